The minimum absolute atomic E-state index is 0.00198. The first-order valence-corrected chi connectivity index (χ1v) is 6.81. The van der Waals surface area contributed by atoms with Gasteiger partial charge in [0.2, 0.25) is 10.0 Å². The van der Waals surface area contributed by atoms with E-state index < -0.39 is 38.6 Å². The Hall–Kier alpha value is -1.54. The first-order chi connectivity index (χ1) is 8.71. The van der Waals surface area contributed by atoms with Crippen molar-refractivity contribution in [1.82, 2.24) is 4.31 Å². The van der Waals surface area contributed by atoms with Crippen molar-refractivity contribution in [3.05, 3.63) is 29.8 Å². The molecular weight excluding hydrogens is 280 g/mol. The van der Waals surface area contributed by atoms with E-state index in [2.05, 4.69) is 0 Å². The van der Waals surface area contributed by atoms with Crippen LogP contribution in [0, 0.1) is 11.6 Å². The quantitative estimate of drug-likeness (QED) is 0.891. The summed E-state index contributed by atoms with van der Waals surface area (Å²) in [5, 5.41) is 8.90. The molecule has 0 spiro atoms. The van der Waals surface area contributed by atoms with Gasteiger partial charge in [-0.25, -0.2) is 17.2 Å². The number of likely N-dealkylation sites (N-methyl/N-ethyl adjacent to an activating group) is 1. The first kappa shape index (κ1) is 15.5. The molecule has 0 heterocycles. The second kappa shape index (κ2) is 5.62. The van der Waals surface area contributed by atoms with Crippen molar-refractivity contribution in [3.63, 3.8) is 0 Å². The van der Waals surface area contributed by atoms with Gasteiger partial charge in [0.1, 0.15) is 22.6 Å². The number of benzene rings is 1. The Kier molecular flexibility index (Phi) is 4.59. The van der Waals surface area contributed by atoms with E-state index in [4.69, 9.17) is 5.11 Å². The molecule has 0 bridgehead atoms. The molecule has 0 aliphatic heterocycles. The third kappa shape index (κ3) is 3.07. The van der Waals surface area contributed by atoms with Crippen LogP contribution in [0.3, 0.4) is 0 Å². The van der Waals surface area contributed by atoms with Crippen molar-refractivity contribution in [2.75, 3.05) is 7.05 Å². The summed E-state index contributed by atoms with van der Waals surface area (Å²) in [5.41, 5.74) is 0. The molecule has 0 saturated carbocycles. The topological polar surface area (TPSA) is 74.7 Å². The van der Waals surface area contributed by atoms with Gasteiger partial charge in [-0.2, -0.15) is 4.31 Å². The maximum atomic E-state index is 13.5. The van der Waals surface area contributed by atoms with Gasteiger partial charge >= 0.3 is 5.97 Å². The molecule has 0 amide bonds. The van der Waals surface area contributed by atoms with E-state index in [1.54, 1.807) is 0 Å². The highest BCUT2D eigenvalue weighted by Gasteiger charge is 2.33. The fourth-order valence-electron chi connectivity index (χ4n) is 1.58. The van der Waals surface area contributed by atoms with Crippen LogP contribution in [-0.2, 0) is 14.8 Å². The third-order valence-electron chi connectivity index (χ3n) is 2.66. The fourth-order valence-corrected chi connectivity index (χ4v) is 3.05. The highest BCUT2D eigenvalue weighted by atomic mass is 32.2. The van der Waals surface area contributed by atoms with Crippen molar-refractivity contribution in [2.24, 2.45) is 0 Å². The van der Waals surface area contributed by atoms with Gasteiger partial charge in [-0.15, -0.1) is 0 Å². The SMILES string of the molecule is CCC(C(=O)O)N(C)S(=O)(=O)c1cc(F)ccc1F. The molecule has 1 aromatic carbocycles. The second-order valence-electron chi connectivity index (χ2n) is 3.86. The van der Waals surface area contributed by atoms with E-state index in [9.17, 15) is 22.0 Å². The molecule has 5 nitrogen and oxygen atoms in total. The van der Waals surface area contributed by atoms with Crippen molar-refractivity contribution in [2.45, 2.75) is 24.3 Å². The summed E-state index contributed by atoms with van der Waals surface area (Å²) >= 11 is 0. The lowest BCUT2D eigenvalue weighted by Gasteiger charge is -2.23. The Bertz CT molecular complexity index is 588. The summed E-state index contributed by atoms with van der Waals surface area (Å²) in [6, 6.07) is 0.642. The molecule has 0 radical (unpaired) electrons. The lowest BCUT2D eigenvalue weighted by Crippen LogP contribution is -2.42. The summed E-state index contributed by atoms with van der Waals surface area (Å²) in [7, 11) is -3.40. The highest BCUT2D eigenvalue weighted by Crippen LogP contribution is 2.22. The van der Waals surface area contributed by atoms with Crippen LogP contribution in [0.4, 0.5) is 8.78 Å². The number of aliphatic carboxylic acids is 1. The van der Waals surface area contributed by atoms with Gasteiger partial charge in [0.05, 0.1) is 0 Å². The number of halogens is 2. The van der Waals surface area contributed by atoms with E-state index >= 15 is 0 Å². The van der Waals surface area contributed by atoms with E-state index in [-0.39, 0.29) is 6.42 Å². The lowest BCUT2D eigenvalue weighted by molar-refractivity contribution is -0.141. The Morgan fingerprint density at radius 1 is 1.42 bits per heavy atom. The molecular formula is C11H13F2NO4S. The van der Waals surface area contributed by atoms with Gasteiger partial charge in [-0.05, 0) is 24.6 Å². The molecule has 0 aliphatic carbocycles. The molecule has 0 aliphatic rings. The first-order valence-electron chi connectivity index (χ1n) is 5.37. The normalized spacial score (nSPS) is 13.5. The Balaban J connectivity index is 3.31. The van der Waals surface area contributed by atoms with Gasteiger partial charge in [0.25, 0.3) is 0 Å². The number of nitrogens with zero attached hydrogens (tertiary/aromatic N) is 1. The maximum absolute atomic E-state index is 13.5. The predicted molar refractivity (Wildman–Crippen MR) is 63.0 cm³/mol. The number of hydrogen-bond donors (Lipinski definition) is 1. The van der Waals surface area contributed by atoms with Crippen LogP contribution in [-0.4, -0.2) is 36.9 Å². The number of rotatable bonds is 5. The van der Waals surface area contributed by atoms with E-state index in [1.165, 1.54) is 6.92 Å². The zero-order chi connectivity index (χ0) is 14.8. The molecule has 1 aromatic rings. The standard InChI is InChI=1S/C11H13F2NO4S/c1-3-9(11(15)16)14(2)19(17,18)10-6-7(12)4-5-8(10)13/h4-6,9H,3H2,1-2H3,(H,15,16). The molecule has 1 N–H and O–H groups in total. The Labute approximate surface area is 109 Å². The van der Waals surface area contributed by atoms with Crippen molar-refractivity contribution >= 4 is 16.0 Å². The number of carboxylic acid groups (broad SMARTS) is 1. The van der Waals surface area contributed by atoms with Gasteiger partial charge in [-0.3, -0.25) is 4.79 Å². The van der Waals surface area contributed by atoms with E-state index in [0.717, 1.165) is 13.1 Å². The van der Waals surface area contributed by atoms with E-state index in [1.807, 2.05) is 0 Å². The number of hydrogen-bond acceptors (Lipinski definition) is 3. The molecule has 0 fully saturated rings. The van der Waals surface area contributed by atoms with Crippen LogP contribution >= 0.6 is 0 Å². The molecule has 1 unspecified atom stereocenters. The molecule has 1 rings (SSSR count). The minimum atomic E-state index is -4.41. The van der Waals surface area contributed by atoms with Gasteiger partial charge < -0.3 is 5.11 Å². The third-order valence-corrected chi connectivity index (χ3v) is 4.54. The Morgan fingerprint density at radius 2 is 2.00 bits per heavy atom. The molecule has 0 aromatic heterocycles. The van der Waals surface area contributed by atoms with Gasteiger partial charge in [0.15, 0.2) is 0 Å². The smallest absolute Gasteiger partial charge is 0.321 e. The highest BCUT2D eigenvalue weighted by molar-refractivity contribution is 7.89. The molecule has 1 atom stereocenters. The predicted octanol–water partition coefficient (Wildman–Crippen LogP) is 1.45. The van der Waals surface area contributed by atoms with Crippen LogP contribution in [0.5, 0.6) is 0 Å². The van der Waals surface area contributed by atoms with Gasteiger partial charge in [0, 0.05) is 7.05 Å². The fraction of sp³-hybridized carbons (Fsp3) is 0.364. The molecule has 19 heavy (non-hydrogen) atoms. The number of sulfonamides is 1. The summed E-state index contributed by atoms with van der Waals surface area (Å²) in [4.78, 5) is 10.0. The molecule has 8 heteroatoms. The minimum Gasteiger partial charge on any atom is -0.480 e. The largest absolute Gasteiger partial charge is 0.480 e. The van der Waals surface area contributed by atoms with Crippen LogP contribution in [0.25, 0.3) is 0 Å². The summed E-state index contributed by atoms with van der Waals surface area (Å²) < 4.78 is 51.1. The number of carbonyl (C=O) groups is 1. The molecule has 106 valence electrons. The van der Waals surface area contributed by atoms with Crippen LogP contribution < -0.4 is 0 Å². The van der Waals surface area contributed by atoms with Crippen LogP contribution in [0.1, 0.15) is 13.3 Å². The van der Waals surface area contributed by atoms with Crippen molar-refractivity contribution in [1.29, 1.82) is 0 Å². The summed E-state index contributed by atoms with van der Waals surface area (Å²) in [6.45, 7) is 1.48. The zero-order valence-corrected chi connectivity index (χ0v) is 11.1. The van der Waals surface area contributed by atoms with Crippen molar-refractivity contribution in [3.8, 4) is 0 Å². The monoisotopic (exact) mass is 293 g/mol. The van der Waals surface area contributed by atoms with Crippen LogP contribution in [0.2, 0.25) is 0 Å². The van der Waals surface area contributed by atoms with Gasteiger partial charge in [-0.1, -0.05) is 6.92 Å². The Morgan fingerprint density at radius 3 is 2.47 bits per heavy atom. The average Bonchev–Trinajstić information content (AvgIpc) is 2.32. The summed E-state index contributed by atoms with van der Waals surface area (Å²) in [6.07, 6.45) is 0.00198. The molecule has 0 saturated heterocycles. The zero-order valence-electron chi connectivity index (χ0n) is 10.3. The maximum Gasteiger partial charge on any atom is 0.321 e. The lowest BCUT2D eigenvalue weighted by atomic mass is 10.2. The average molecular weight is 293 g/mol. The number of carboxylic acids is 1. The second-order valence-corrected chi connectivity index (χ2v) is 5.82. The van der Waals surface area contributed by atoms with E-state index in [0.29, 0.717) is 16.4 Å². The summed E-state index contributed by atoms with van der Waals surface area (Å²) in [5.74, 6) is -3.41. The van der Waals surface area contributed by atoms with Crippen LogP contribution in [0.15, 0.2) is 23.1 Å². The van der Waals surface area contributed by atoms with Crippen molar-refractivity contribution < 1.29 is 27.1 Å².